The number of aliphatic imine (C=N–C) groups is 1. The fourth-order valence-corrected chi connectivity index (χ4v) is 5.59. The van der Waals surface area contributed by atoms with Crippen molar-refractivity contribution in [1.82, 2.24) is 10.3 Å². The van der Waals surface area contributed by atoms with Crippen molar-refractivity contribution in [2.45, 2.75) is 58.4 Å². The van der Waals surface area contributed by atoms with Gasteiger partial charge in [-0.2, -0.15) is 0 Å². The second-order valence-electron chi connectivity index (χ2n) is 9.74. The number of amides is 1. The molecule has 6 heteroatoms. The lowest BCUT2D eigenvalue weighted by atomic mass is 9.65. The van der Waals surface area contributed by atoms with Gasteiger partial charge in [-0.05, 0) is 85.9 Å². The molecule has 1 heterocycles. The zero-order chi connectivity index (χ0) is 24.1. The van der Waals surface area contributed by atoms with Crippen molar-refractivity contribution in [3.63, 3.8) is 0 Å². The number of benzene rings is 1. The summed E-state index contributed by atoms with van der Waals surface area (Å²) in [5.41, 5.74) is 3.59. The zero-order valence-corrected chi connectivity index (χ0v) is 19.9. The largest absolute Gasteiger partial charge is 0.349 e. The number of hydrogen-bond acceptors (Lipinski definition) is 4. The molecule has 34 heavy (non-hydrogen) atoms. The minimum atomic E-state index is -0.279. The highest BCUT2D eigenvalue weighted by atomic mass is 19.1. The van der Waals surface area contributed by atoms with Gasteiger partial charge < -0.3 is 10.7 Å². The quantitative estimate of drug-likeness (QED) is 0.454. The zero-order valence-electron chi connectivity index (χ0n) is 19.9. The van der Waals surface area contributed by atoms with Gasteiger partial charge >= 0.3 is 0 Å². The third kappa shape index (κ3) is 5.16. The third-order valence-corrected chi connectivity index (χ3v) is 7.51. The number of carbonyl (C=O) groups is 1. The molecule has 1 amide bonds. The van der Waals surface area contributed by atoms with Gasteiger partial charge in [0, 0.05) is 41.8 Å². The molecule has 5 nitrogen and oxygen atoms in total. The number of nitrogens with one attached hydrogen (secondary N) is 2. The lowest BCUT2D eigenvalue weighted by Gasteiger charge is -2.40. The monoisotopic (exact) mass is 460 g/mol. The van der Waals surface area contributed by atoms with Crippen molar-refractivity contribution in [1.29, 1.82) is 5.41 Å². The van der Waals surface area contributed by atoms with Crippen molar-refractivity contribution in [3.8, 4) is 0 Å². The maximum atomic E-state index is 13.3. The molecule has 2 aliphatic rings. The van der Waals surface area contributed by atoms with Crippen LogP contribution in [-0.2, 0) is 0 Å². The molecule has 1 aromatic heterocycles. The number of allylic oxidation sites excluding steroid dienone is 2. The van der Waals surface area contributed by atoms with E-state index in [9.17, 15) is 9.18 Å². The van der Waals surface area contributed by atoms with E-state index in [4.69, 9.17) is 10.4 Å². The van der Waals surface area contributed by atoms with Crippen molar-refractivity contribution < 1.29 is 9.18 Å². The van der Waals surface area contributed by atoms with Gasteiger partial charge in [-0.15, -0.1) is 0 Å². The first-order chi connectivity index (χ1) is 16.4. The molecule has 4 rings (SSSR count). The summed E-state index contributed by atoms with van der Waals surface area (Å²) in [5, 5.41) is 11.3. The van der Waals surface area contributed by atoms with Crippen LogP contribution in [0.25, 0.3) is 0 Å². The van der Waals surface area contributed by atoms with Crippen LogP contribution in [0.4, 0.5) is 10.1 Å². The molecule has 4 unspecified atom stereocenters. The van der Waals surface area contributed by atoms with E-state index in [1.807, 2.05) is 0 Å². The number of hydrogen-bond donors (Lipinski definition) is 2. The first-order valence-electron chi connectivity index (χ1n) is 12.2. The van der Waals surface area contributed by atoms with E-state index in [1.165, 1.54) is 23.9 Å². The predicted molar refractivity (Wildman–Crippen MR) is 134 cm³/mol. The number of rotatable bonds is 8. The van der Waals surface area contributed by atoms with Gasteiger partial charge in [-0.1, -0.05) is 25.8 Å². The molecule has 1 saturated carbocycles. The maximum Gasteiger partial charge on any atom is 0.251 e. The molecular formula is C28H33FN4O. The van der Waals surface area contributed by atoms with Crippen molar-refractivity contribution in [3.05, 3.63) is 71.8 Å². The maximum absolute atomic E-state index is 13.3. The number of carbonyl (C=O) groups excluding carboxylic acids is 1. The molecule has 178 valence electrons. The normalized spacial score (nSPS) is 26.0. The minimum absolute atomic E-state index is 0.0164. The number of pyridine rings is 1. The highest BCUT2D eigenvalue weighted by molar-refractivity contribution is 6.08. The second-order valence-corrected chi connectivity index (χ2v) is 9.74. The fraction of sp³-hybridized carbons (Fsp3) is 0.429. The van der Waals surface area contributed by atoms with E-state index in [0.29, 0.717) is 17.2 Å². The van der Waals surface area contributed by atoms with Gasteiger partial charge in [0.2, 0.25) is 0 Å². The Labute approximate surface area is 201 Å². The van der Waals surface area contributed by atoms with E-state index in [-0.39, 0.29) is 29.1 Å². The summed E-state index contributed by atoms with van der Waals surface area (Å²) >= 11 is 0. The summed E-state index contributed by atoms with van der Waals surface area (Å²) in [6.45, 7) is 4.46. The van der Waals surface area contributed by atoms with Crippen LogP contribution in [0.15, 0.2) is 65.4 Å². The molecule has 1 aromatic carbocycles. The molecule has 0 saturated heterocycles. The summed E-state index contributed by atoms with van der Waals surface area (Å²) in [5.74, 6) is 0.0335. The first-order valence-corrected chi connectivity index (χ1v) is 12.2. The Morgan fingerprint density at radius 1 is 1.29 bits per heavy atom. The number of fused-ring (bicyclic) bond motifs is 1. The Kier molecular flexibility index (Phi) is 7.35. The standard InChI is InChI=1S/C28H33FN4O/c1-3-4-25(33-27(34)19-11-13-31-14-12-19)15-21-5-6-22-16-26(20(18-30)17-28(21,22)2)32-24-9-7-23(29)8-10-24/h7-14,16,18,20-21,25,30H,3-6,15,17H2,1-2H3,(H,33,34). The smallest absolute Gasteiger partial charge is 0.251 e. The van der Waals surface area contributed by atoms with Crippen LogP contribution in [0.3, 0.4) is 0 Å². The highest BCUT2D eigenvalue weighted by Gasteiger charge is 2.47. The number of halogens is 1. The van der Waals surface area contributed by atoms with Crippen LogP contribution in [-0.4, -0.2) is 28.9 Å². The van der Waals surface area contributed by atoms with Crippen LogP contribution in [0.5, 0.6) is 0 Å². The van der Waals surface area contributed by atoms with Gasteiger partial charge in [-0.25, -0.2) is 4.39 Å². The van der Waals surface area contributed by atoms with E-state index in [2.05, 4.69) is 30.2 Å². The Bertz CT molecular complexity index is 1080. The topological polar surface area (TPSA) is 78.2 Å². The SMILES string of the molecule is CCCC(CC1CCC2=CC(=Nc3ccc(F)cc3)C(C=N)CC21C)NC(=O)c1ccncc1. The van der Waals surface area contributed by atoms with E-state index in [0.717, 1.165) is 44.2 Å². The van der Waals surface area contributed by atoms with Crippen LogP contribution in [0.2, 0.25) is 0 Å². The van der Waals surface area contributed by atoms with Gasteiger partial charge in [0.05, 0.1) is 5.69 Å². The van der Waals surface area contributed by atoms with Crippen LogP contribution >= 0.6 is 0 Å². The van der Waals surface area contributed by atoms with Crippen LogP contribution < -0.4 is 5.32 Å². The highest BCUT2D eigenvalue weighted by Crippen LogP contribution is 2.55. The summed E-state index contributed by atoms with van der Waals surface area (Å²) in [7, 11) is 0. The average molecular weight is 461 g/mol. The molecule has 0 bridgehead atoms. The lowest BCUT2D eigenvalue weighted by Crippen LogP contribution is -2.40. The molecule has 0 aliphatic heterocycles. The van der Waals surface area contributed by atoms with Gasteiger partial charge in [0.15, 0.2) is 0 Å². The van der Waals surface area contributed by atoms with E-state index in [1.54, 1.807) is 36.7 Å². The number of aromatic nitrogens is 1. The van der Waals surface area contributed by atoms with Gasteiger partial charge in [0.25, 0.3) is 5.91 Å². The lowest BCUT2D eigenvalue weighted by molar-refractivity contribution is 0.0919. The summed E-state index contributed by atoms with van der Waals surface area (Å²) < 4.78 is 13.3. The van der Waals surface area contributed by atoms with Gasteiger partial charge in [0.1, 0.15) is 5.82 Å². The van der Waals surface area contributed by atoms with E-state index >= 15 is 0 Å². The summed E-state index contributed by atoms with van der Waals surface area (Å²) in [6, 6.07) is 9.78. The molecule has 0 radical (unpaired) electrons. The molecule has 2 aromatic rings. The van der Waals surface area contributed by atoms with E-state index < -0.39 is 0 Å². The molecule has 0 spiro atoms. The fourth-order valence-electron chi connectivity index (χ4n) is 5.59. The third-order valence-electron chi connectivity index (χ3n) is 7.51. The summed E-state index contributed by atoms with van der Waals surface area (Å²) in [4.78, 5) is 21.5. The average Bonchev–Trinajstić information content (AvgIpc) is 3.15. The molecule has 2 N–H and O–H groups in total. The van der Waals surface area contributed by atoms with Crippen LogP contribution in [0, 0.1) is 28.5 Å². The van der Waals surface area contributed by atoms with Crippen molar-refractivity contribution >= 4 is 23.5 Å². The Morgan fingerprint density at radius 3 is 2.71 bits per heavy atom. The summed E-state index contributed by atoms with van der Waals surface area (Å²) in [6.07, 6.45) is 12.7. The Balaban J connectivity index is 1.53. The molecular weight excluding hydrogens is 427 g/mol. The van der Waals surface area contributed by atoms with Crippen molar-refractivity contribution in [2.75, 3.05) is 0 Å². The first kappa shape index (κ1) is 24.0. The predicted octanol–water partition coefficient (Wildman–Crippen LogP) is 6.29. The number of nitrogens with zero attached hydrogens (tertiary/aromatic N) is 2. The Morgan fingerprint density at radius 2 is 2.03 bits per heavy atom. The van der Waals surface area contributed by atoms with Gasteiger partial charge in [-0.3, -0.25) is 14.8 Å². The molecule has 4 atom stereocenters. The molecule has 2 aliphatic carbocycles. The molecule has 1 fully saturated rings. The minimum Gasteiger partial charge on any atom is -0.349 e. The van der Waals surface area contributed by atoms with Crippen molar-refractivity contribution in [2.24, 2.45) is 22.2 Å². The second kappa shape index (κ2) is 10.4. The van der Waals surface area contributed by atoms with Crippen LogP contribution in [0.1, 0.15) is 62.7 Å². The Hall–Kier alpha value is -3.15.